The van der Waals surface area contributed by atoms with Gasteiger partial charge in [0.25, 0.3) is 6.29 Å². The monoisotopic (exact) mass is 1300 g/mol. The Bertz CT molecular complexity index is 1640. The Labute approximate surface area is 550 Å². The summed E-state index contributed by atoms with van der Waals surface area (Å²) in [5, 5.41) is 18.7. The van der Waals surface area contributed by atoms with Gasteiger partial charge in [0.1, 0.15) is 0 Å². The van der Waals surface area contributed by atoms with Crippen LogP contribution in [0.15, 0.2) is 0 Å². The van der Waals surface area contributed by atoms with Gasteiger partial charge in [-0.25, -0.2) is 9.59 Å². The molecular weight excluding hydrogens is 1170 g/mol. The van der Waals surface area contributed by atoms with Gasteiger partial charge in [0, 0.05) is 51.2 Å². The third-order valence-corrected chi connectivity index (χ3v) is 15.9. The maximum absolute atomic E-state index is 13.5. The van der Waals surface area contributed by atoms with Crippen molar-refractivity contribution in [3.8, 4) is 0 Å². The summed E-state index contributed by atoms with van der Waals surface area (Å²) >= 11 is 0. The van der Waals surface area contributed by atoms with Crippen molar-refractivity contribution in [3.05, 3.63) is 0 Å². The molecule has 0 aliphatic rings. The zero-order chi connectivity index (χ0) is 66.7. The normalized spacial score (nSPS) is 11.7. The van der Waals surface area contributed by atoms with Crippen LogP contribution in [0.25, 0.3) is 0 Å². The van der Waals surface area contributed by atoms with Crippen LogP contribution in [-0.4, -0.2) is 162 Å². The SMILES string of the molecule is CCCCCCCCOC(=O)CCCCCCCCC(=O)OCC(COC(=O)CCCCCCCCC(=O)OCCCCCCCC)CC(=O)OCCC(CCOC(=O)C(OCCCCCCC)OCCCCCCC)COC(=O)OCCCN(CCO)CCO. The van der Waals surface area contributed by atoms with E-state index in [2.05, 4.69) is 27.7 Å². The number of esters is 6. The second-order valence-corrected chi connectivity index (χ2v) is 24.4. The Morgan fingerprint density at radius 1 is 0.308 bits per heavy atom. The number of aliphatic hydroxyl groups is 2. The smallest absolute Gasteiger partial charge is 0.466 e. The molecule has 1 atom stereocenters. The topological polar surface area (TPSA) is 255 Å². The lowest BCUT2D eigenvalue weighted by molar-refractivity contribution is -0.196. The summed E-state index contributed by atoms with van der Waals surface area (Å²) in [6, 6.07) is 0. The van der Waals surface area contributed by atoms with E-state index >= 15 is 0 Å². The molecule has 0 aromatic carbocycles. The number of nitrogens with zero attached hydrogens (tertiary/aromatic N) is 1. The van der Waals surface area contributed by atoms with Crippen molar-refractivity contribution in [3.63, 3.8) is 0 Å². The molecule has 0 amide bonds. The van der Waals surface area contributed by atoms with Crippen molar-refractivity contribution in [2.24, 2.45) is 11.8 Å². The molecule has 0 aliphatic heterocycles. The molecule has 20 nitrogen and oxygen atoms in total. The Morgan fingerprint density at radius 2 is 0.637 bits per heavy atom. The molecule has 2 N–H and O–H groups in total. The van der Waals surface area contributed by atoms with Gasteiger partial charge in [-0.15, -0.1) is 0 Å². The Morgan fingerprint density at radius 3 is 1.04 bits per heavy atom. The molecule has 0 fully saturated rings. The quantitative estimate of drug-likeness (QED) is 0.0248. The maximum atomic E-state index is 13.5. The first-order valence-corrected chi connectivity index (χ1v) is 36.3. The summed E-state index contributed by atoms with van der Waals surface area (Å²) < 4.78 is 56.0. The van der Waals surface area contributed by atoms with Gasteiger partial charge in [-0.2, -0.15) is 0 Å². The molecule has 0 saturated heterocycles. The Kier molecular flexibility index (Phi) is 64.3. The molecule has 0 aromatic rings. The molecule has 0 spiro atoms. The lowest BCUT2D eigenvalue weighted by atomic mass is 10.0. The van der Waals surface area contributed by atoms with Gasteiger partial charge in [0.15, 0.2) is 0 Å². The summed E-state index contributed by atoms with van der Waals surface area (Å²) in [7, 11) is 0. The van der Waals surface area contributed by atoms with Gasteiger partial charge >= 0.3 is 42.0 Å². The number of unbranched alkanes of at least 4 members (excludes halogenated alkanes) is 28. The molecule has 0 saturated carbocycles. The lowest BCUT2D eigenvalue weighted by Gasteiger charge is -2.21. The fraction of sp³-hybridized carbons (Fsp3) is 0.901. The second-order valence-electron chi connectivity index (χ2n) is 24.4. The number of ether oxygens (including phenoxy) is 10. The molecule has 20 heteroatoms. The predicted molar refractivity (Wildman–Crippen MR) is 353 cm³/mol. The van der Waals surface area contributed by atoms with E-state index in [0.717, 1.165) is 154 Å². The Hall–Kier alpha value is -4.11. The third kappa shape index (κ3) is 60.6. The number of rotatable bonds is 69. The fourth-order valence-corrected chi connectivity index (χ4v) is 10.1. The number of hydrogen-bond acceptors (Lipinski definition) is 20. The highest BCUT2D eigenvalue weighted by Crippen LogP contribution is 2.18. The van der Waals surface area contributed by atoms with Crippen molar-refractivity contribution in [1.29, 1.82) is 0 Å². The van der Waals surface area contributed by atoms with Crippen LogP contribution < -0.4 is 0 Å². The van der Waals surface area contributed by atoms with Gasteiger partial charge in [0.05, 0.1) is 85.7 Å². The van der Waals surface area contributed by atoms with Gasteiger partial charge in [0.2, 0.25) is 0 Å². The van der Waals surface area contributed by atoms with Crippen molar-refractivity contribution < 1.29 is 91.1 Å². The van der Waals surface area contributed by atoms with E-state index in [0.29, 0.717) is 78.2 Å². The van der Waals surface area contributed by atoms with Crippen LogP contribution in [0.1, 0.15) is 297 Å². The standard InChI is InChI=1S/C71H131NO19/c1-5-9-13-17-29-35-51-82-64(75)40-31-23-19-21-25-33-42-66(77)89-60-63(61-90-67(78)43-34-26-22-20-24-32-41-65(76)83-52-36-30-18-14-10-6-2)58-68(79)84-56-44-62(59-91-71(81)88-55-39-46-72(47-49-73)48-50-74)45-57-85-69(80)70(86-53-37-27-15-11-7-3)87-54-38-28-16-12-8-4/h62-63,70,73-74H,5-61H2,1-4H3. The summed E-state index contributed by atoms with van der Waals surface area (Å²) in [5.74, 6) is -3.54. The van der Waals surface area contributed by atoms with Gasteiger partial charge < -0.3 is 57.6 Å². The van der Waals surface area contributed by atoms with Crippen LogP contribution in [0.4, 0.5) is 4.79 Å². The van der Waals surface area contributed by atoms with Crippen molar-refractivity contribution in [1.82, 2.24) is 4.90 Å². The summed E-state index contributed by atoms with van der Waals surface area (Å²) in [4.78, 5) is 91.7. The maximum Gasteiger partial charge on any atom is 0.508 e. The number of carbonyl (C=O) groups is 7. The highest BCUT2D eigenvalue weighted by atomic mass is 16.7. The molecule has 91 heavy (non-hydrogen) atoms. The summed E-state index contributed by atoms with van der Waals surface area (Å²) in [6.45, 7) is 10.8. The second kappa shape index (κ2) is 67.3. The van der Waals surface area contributed by atoms with Crippen LogP contribution in [0, 0.1) is 11.8 Å². The van der Waals surface area contributed by atoms with Crippen LogP contribution in [0.2, 0.25) is 0 Å². The van der Waals surface area contributed by atoms with Crippen LogP contribution >= 0.6 is 0 Å². The van der Waals surface area contributed by atoms with E-state index in [1.807, 2.05) is 4.90 Å². The Balaban J connectivity index is 5.60. The van der Waals surface area contributed by atoms with E-state index < -0.39 is 48.2 Å². The minimum Gasteiger partial charge on any atom is -0.466 e. The summed E-state index contributed by atoms with van der Waals surface area (Å²) in [6.07, 6.45) is 33.5. The van der Waals surface area contributed by atoms with Gasteiger partial charge in [-0.05, 0) is 76.5 Å². The van der Waals surface area contributed by atoms with E-state index in [9.17, 15) is 43.8 Å². The molecule has 534 valence electrons. The molecule has 0 rings (SSSR count). The molecule has 0 aromatic heterocycles. The van der Waals surface area contributed by atoms with Gasteiger partial charge in [-0.1, -0.05) is 195 Å². The molecule has 1 unspecified atom stereocenters. The van der Waals surface area contributed by atoms with Gasteiger partial charge in [-0.3, -0.25) is 28.9 Å². The molecule has 0 aliphatic carbocycles. The average Bonchev–Trinajstić information content (AvgIpc) is 3.68. The number of hydrogen-bond donors (Lipinski definition) is 2. The highest BCUT2D eigenvalue weighted by Gasteiger charge is 2.25. The van der Waals surface area contributed by atoms with Crippen molar-refractivity contribution >= 4 is 42.0 Å². The first kappa shape index (κ1) is 86.9. The highest BCUT2D eigenvalue weighted by molar-refractivity contribution is 5.73. The fourth-order valence-electron chi connectivity index (χ4n) is 10.1. The van der Waals surface area contributed by atoms with E-state index in [4.69, 9.17) is 47.4 Å². The number of aliphatic hydroxyl groups excluding tert-OH is 2. The molecule has 0 heterocycles. The number of carbonyl (C=O) groups excluding carboxylic acids is 7. The minimum absolute atomic E-state index is 0.0404. The van der Waals surface area contributed by atoms with Crippen LogP contribution in [-0.2, 0) is 76.1 Å². The van der Waals surface area contributed by atoms with E-state index in [1.54, 1.807) is 0 Å². The first-order chi connectivity index (χ1) is 44.4. The van der Waals surface area contributed by atoms with Crippen LogP contribution in [0.3, 0.4) is 0 Å². The third-order valence-electron chi connectivity index (χ3n) is 15.9. The van der Waals surface area contributed by atoms with E-state index in [-0.39, 0.29) is 96.9 Å². The zero-order valence-electron chi connectivity index (χ0n) is 57.8. The zero-order valence-corrected chi connectivity index (χ0v) is 57.8. The molecular formula is C71H131NO19. The lowest BCUT2D eigenvalue weighted by Crippen LogP contribution is -2.31. The molecule has 0 bridgehead atoms. The van der Waals surface area contributed by atoms with Crippen molar-refractivity contribution in [2.45, 2.75) is 304 Å². The average molecular weight is 1300 g/mol. The largest absolute Gasteiger partial charge is 0.508 e. The summed E-state index contributed by atoms with van der Waals surface area (Å²) in [5.41, 5.74) is 0. The molecule has 0 radical (unpaired) electrons. The minimum atomic E-state index is -1.18. The van der Waals surface area contributed by atoms with Crippen LogP contribution in [0.5, 0.6) is 0 Å². The van der Waals surface area contributed by atoms with E-state index in [1.165, 1.54) is 51.4 Å². The predicted octanol–water partition coefficient (Wildman–Crippen LogP) is 14.7. The first-order valence-electron chi connectivity index (χ1n) is 36.3. The van der Waals surface area contributed by atoms with Crippen molar-refractivity contribution in [2.75, 3.05) is 98.9 Å².